The molecular formula is C17H14O3. The lowest BCUT2D eigenvalue weighted by Gasteiger charge is -2.12. The number of phenols is 1. The lowest BCUT2D eigenvalue weighted by molar-refractivity contribution is 0.0526. The second kappa shape index (κ2) is 4.85. The first-order valence-corrected chi connectivity index (χ1v) is 6.53. The average Bonchev–Trinajstić information content (AvgIpc) is 2.48. The molecule has 100 valence electrons. The molecule has 1 N–H and O–H groups in total. The number of phenolic OH excluding ortho intramolecular Hbond substituents is 1. The van der Waals surface area contributed by atoms with Gasteiger partial charge in [0.15, 0.2) is 0 Å². The molecule has 0 bridgehead atoms. The predicted molar refractivity (Wildman–Crippen MR) is 79.1 cm³/mol. The minimum absolute atomic E-state index is 0.0160. The number of benzene rings is 3. The van der Waals surface area contributed by atoms with Crippen molar-refractivity contribution < 1.29 is 14.6 Å². The van der Waals surface area contributed by atoms with Crippen LogP contribution in [0.5, 0.6) is 5.75 Å². The highest BCUT2D eigenvalue weighted by Crippen LogP contribution is 2.37. The van der Waals surface area contributed by atoms with Crippen LogP contribution in [0.3, 0.4) is 0 Å². The Morgan fingerprint density at radius 1 is 0.950 bits per heavy atom. The highest BCUT2D eigenvalue weighted by Gasteiger charge is 2.19. The highest BCUT2D eigenvalue weighted by atomic mass is 16.5. The van der Waals surface area contributed by atoms with Gasteiger partial charge in [-0.2, -0.15) is 0 Å². The van der Waals surface area contributed by atoms with Gasteiger partial charge in [0.25, 0.3) is 0 Å². The van der Waals surface area contributed by atoms with E-state index < -0.39 is 5.97 Å². The fraction of sp³-hybridized carbons (Fsp3) is 0.118. The zero-order valence-electron chi connectivity index (χ0n) is 11.1. The Hall–Kier alpha value is -2.55. The predicted octanol–water partition coefficient (Wildman–Crippen LogP) is 3.88. The molecule has 0 aliphatic carbocycles. The maximum absolute atomic E-state index is 12.1. The summed E-state index contributed by atoms with van der Waals surface area (Å²) in [7, 11) is 0. The van der Waals surface area contributed by atoms with Gasteiger partial charge in [0, 0.05) is 10.8 Å². The molecule has 3 aromatic rings. The molecule has 0 saturated heterocycles. The summed E-state index contributed by atoms with van der Waals surface area (Å²) >= 11 is 0. The smallest absolute Gasteiger partial charge is 0.342 e. The second-order valence-electron chi connectivity index (χ2n) is 4.54. The Kier molecular flexibility index (Phi) is 3.03. The third-order valence-electron chi connectivity index (χ3n) is 3.39. The van der Waals surface area contributed by atoms with E-state index in [9.17, 15) is 9.90 Å². The third kappa shape index (κ3) is 1.79. The number of carbonyl (C=O) groups is 1. The van der Waals surface area contributed by atoms with Crippen LogP contribution in [-0.4, -0.2) is 17.7 Å². The van der Waals surface area contributed by atoms with Gasteiger partial charge in [-0.3, -0.25) is 0 Å². The van der Waals surface area contributed by atoms with Crippen LogP contribution >= 0.6 is 0 Å². The first-order valence-electron chi connectivity index (χ1n) is 6.53. The molecule has 0 atom stereocenters. The number of aromatic hydroxyl groups is 1. The summed E-state index contributed by atoms with van der Waals surface area (Å²) in [6.45, 7) is 2.03. The van der Waals surface area contributed by atoms with Crippen molar-refractivity contribution in [2.45, 2.75) is 6.92 Å². The summed E-state index contributed by atoms with van der Waals surface area (Å²) in [5.41, 5.74) is 0.237. The van der Waals surface area contributed by atoms with E-state index in [1.807, 2.05) is 42.5 Å². The van der Waals surface area contributed by atoms with Crippen molar-refractivity contribution in [3.05, 3.63) is 54.1 Å². The Labute approximate surface area is 116 Å². The maximum Gasteiger partial charge on any atom is 0.342 e. The second-order valence-corrected chi connectivity index (χ2v) is 4.54. The van der Waals surface area contributed by atoms with Crippen molar-refractivity contribution in [2.75, 3.05) is 6.61 Å². The molecule has 0 amide bonds. The quantitative estimate of drug-likeness (QED) is 0.565. The minimum atomic E-state index is -0.494. The SMILES string of the molecule is CCOC(=O)c1c(O)c2ccccc2c2ccccc12. The molecular weight excluding hydrogens is 252 g/mol. The van der Waals surface area contributed by atoms with E-state index >= 15 is 0 Å². The average molecular weight is 266 g/mol. The molecule has 0 saturated carbocycles. The highest BCUT2D eigenvalue weighted by molar-refractivity contribution is 6.19. The van der Waals surface area contributed by atoms with Gasteiger partial charge in [0.05, 0.1) is 6.61 Å². The zero-order valence-corrected chi connectivity index (χ0v) is 11.1. The Balaban J connectivity index is 2.48. The van der Waals surface area contributed by atoms with Gasteiger partial charge >= 0.3 is 5.97 Å². The van der Waals surface area contributed by atoms with Gasteiger partial charge in [0.2, 0.25) is 0 Å². The Morgan fingerprint density at radius 2 is 1.45 bits per heavy atom. The standard InChI is InChI=1S/C17H14O3/c1-2-20-17(19)15-13-9-5-3-7-11(13)12-8-4-6-10-14(12)16(15)18/h3-10,18H,2H2,1H3. The molecule has 0 spiro atoms. The van der Waals surface area contributed by atoms with Crippen LogP contribution < -0.4 is 0 Å². The molecule has 0 fully saturated rings. The van der Waals surface area contributed by atoms with E-state index in [4.69, 9.17) is 4.74 Å². The molecule has 3 nitrogen and oxygen atoms in total. The largest absolute Gasteiger partial charge is 0.506 e. The number of ether oxygens (including phenoxy) is 1. The van der Waals surface area contributed by atoms with Crippen molar-refractivity contribution in [3.8, 4) is 5.75 Å². The van der Waals surface area contributed by atoms with Gasteiger partial charge in [-0.1, -0.05) is 48.5 Å². The molecule has 3 heteroatoms. The molecule has 0 aliphatic heterocycles. The molecule has 0 unspecified atom stereocenters. The monoisotopic (exact) mass is 266 g/mol. The molecule has 20 heavy (non-hydrogen) atoms. The minimum Gasteiger partial charge on any atom is -0.506 e. The lowest BCUT2D eigenvalue weighted by Crippen LogP contribution is -2.06. The van der Waals surface area contributed by atoms with Crippen LogP contribution in [-0.2, 0) is 4.74 Å². The van der Waals surface area contributed by atoms with Gasteiger partial charge in [-0.15, -0.1) is 0 Å². The molecule has 3 rings (SSSR count). The van der Waals surface area contributed by atoms with Gasteiger partial charge < -0.3 is 9.84 Å². The summed E-state index contributed by atoms with van der Waals surface area (Å²) in [5.74, 6) is -0.510. The zero-order chi connectivity index (χ0) is 14.1. The summed E-state index contributed by atoms with van der Waals surface area (Å²) in [6, 6.07) is 15.0. The summed E-state index contributed by atoms with van der Waals surface area (Å²) in [5, 5.41) is 13.7. The first kappa shape index (κ1) is 12.5. The number of hydrogen-bond acceptors (Lipinski definition) is 3. The van der Waals surface area contributed by atoms with E-state index in [0.717, 1.165) is 10.8 Å². The molecule has 3 aromatic carbocycles. The molecule has 0 aromatic heterocycles. The van der Waals surface area contributed by atoms with E-state index in [-0.39, 0.29) is 17.9 Å². The topological polar surface area (TPSA) is 46.5 Å². The Morgan fingerprint density at radius 3 is 2.05 bits per heavy atom. The van der Waals surface area contributed by atoms with Crippen LogP contribution in [0.25, 0.3) is 21.5 Å². The fourth-order valence-electron chi connectivity index (χ4n) is 2.53. The van der Waals surface area contributed by atoms with Gasteiger partial charge in [-0.25, -0.2) is 4.79 Å². The fourth-order valence-corrected chi connectivity index (χ4v) is 2.53. The van der Waals surface area contributed by atoms with Crippen LogP contribution in [0.4, 0.5) is 0 Å². The number of fused-ring (bicyclic) bond motifs is 3. The molecule has 0 heterocycles. The number of esters is 1. The van der Waals surface area contributed by atoms with Crippen molar-refractivity contribution in [3.63, 3.8) is 0 Å². The normalized spacial score (nSPS) is 10.8. The van der Waals surface area contributed by atoms with E-state index in [1.54, 1.807) is 13.0 Å². The van der Waals surface area contributed by atoms with Crippen LogP contribution in [0.15, 0.2) is 48.5 Å². The lowest BCUT2D eigenvalue weighted by atomic mass is 9.96. The molecule has 0 radical (unpaired) electrons. The first-order chi connectivity index (χ1) is 9.74. The van der Waals surface area contributed by atoms with Gasteiger partial charge in [0.1, 0.15) is 11.3 Å². The Bertz CT molecular complexity index is 806. The number of carbonyl (C=O) groups excluding carboxylic acids is 1. The van der Waals surface area contributed by atoms with Crippen molar-refractivity contribution >= 4 is 27.5 Å². The summed E-state index contributed by atoms with van der Waals surface area (Å²) < 4.78 is 5.07. The van der Waals surface area contributed by atoms with Crippen LogP contribution in [0.2, 0.25) is 0 Å². The van der Waals surface area contributed by atoms with Crippen LogP contribution in [0.1, 0.15) is 17.3 Å². The van der Waals surface area contributed by atoms with Crippen LogP contribution in [0, 0.1) is 0 Å². The maximum atomic E-state index is 12.1. The van der Waals surface area contributed by atoms with E-state index in [0.29, 0.717) is 10.8 Å². The van der Waals surface area contributed by atoms with Gasteiger partial charge in [-0.05, 0) is 17.7 Å². The van der Waals surface area contributed by atoms with Crippen molar-refractivity contribution in [1.82, 2.24) is 0 Å². The number of hydrogen-bond donors (Lipinski definition) is 1. The van der Waals surface area contributed by atoms with Crippen molar-refractivity contribution in [1.29, 1.82) is 0 Å². The third-order valence-corrected chi connectivity index (χ3v) is 3.39. The summed E-state index contributed by atoms with van der Waals surface area (Å²) in [4.78, 5) is 12.1. The van der Waals surface area contributed by atoms with E-state index in [1.165, 1.54) is 0 Å². The number of rotatable bonds is 2. The van der Waals surface area contributed by atoms with Crippen molar-refractivity contribution in [2.24, 2.45) is 0 Å². The summed E-state index contributed by atoms with van der Waals surface area (Å²) in [6.07, 6.45) is 0. The molecule has 0 aliphatic rings. The van der Waals surface area contributed by atoms with E-state index in [2.05, 4.69) is 0 Å².